The van der Waals surface area contributed by atoms with Gasteiger partial charge in [0.15, 0.2) is 0 Å². The molecule has 224 valence electrons. The minimum absolute atomic E-state index is 0.336. The van der Waals surface area contributed by atoms with Crippen molar-refractivity contribution in [1.82, 2.24) is 19.8 Å². The van der Waals surface area contributed by atoms with E-state index in [9.17, 15) is 14.7 Å². The number of H-pyrrole nitrogens is 1. The van der Waals surface area contributed by atoms with Gasteiger partial charge in [-0.3, -0.25) is 9.69 Å². The number of aldehydes is 1. The number of hydrogen-bond donors (Lipinski definition) is 2. The lowest BCUT2D eigenvalue weighted by Crippen LogP contribution is -2.49. The third-order valence-corrected chi connectivity index (χ3v) is 9.36. The molecule has 0 amide bonds. The fourth-order valence-corrected chi connectivity index (χ4v) is 6.75. The predicted octanol–water partition coefficient (Wildman–Crippen LogP) is 5.97. The van der Waals surface area contributed by atoms with Gasteiger partial charge in [0.25, 0.3) is 0 Å². The largest absolute Gasteiger partial charge is 0.481 e. The van der Waals surface area contributed by atoms with Crippen LogP contribution in [-0.4, -0.2) is 75.5 Å². The highest BCUT2D eigenvalue weighted by Crippen LogP contribution is 2.42. The van der Waals surface area contributed by atoms with Gasteiger partial charge in [-0.1, -0.05) is 42.3 Å². The van der Waals surface area contributed by atoms with E-state index in [0.29, 0.717) is 5.75 Å². The summed E-state index contributed by atoms with van der Waals surface area (Å²) in [5, 5.41) is 11.6. The topological polar surface area (TPSA) is 98.8 Å². The number of piperazine rings is 1. The molecule has 1 saturated heterocycles. The third kappa shape index (κ3) is 6.12. The van der Waals surface area contributed by atoms with Gasteiger partial charge in [0.2, 0.25) is 0 Å². The van der Waals surface area contributed by atoms with Gasteiger partial charge >= 0.3 is 5.97 Å². The number of nitrogens with one attached hydrogen (secondary N) is 1. The normalized spacial score (nSPS) is 26.4. The van der Waals surface area contributed by atoms with Gasteiger partial charge in [0, 0.05) is 60.4 Å². The standard InChI is InChI=1S/C34H37ClN4O4/c1-33(22-40)11-9-29(23-3-5-26(35)6-4-23)25(18-33)21-38-13-15-39(16-14-38)27-7-8-30(32(41)42)34(2,19-27)43-28-17-24-10-12-36-31(24)37-20-28/h3-8,10,12,17,19-20,22,30H,9,11,13-16,18,21H2,1-2H3,(H,36,37)(H,41,42)/t30?,33?,34-/m1/s1. The first kappa shape index (κ1) is 29.2. The zero-order valence-electron chi connectivity index (χ0n) is 24.6. The number of pyridine rings is 1. The van der Waals surface area contributed by atoms with Crippen LogP contribution in [0.4, 0.5) is 0 Å². The van der Waals surface area contributed by atoms with Crippen LogP contribution in [0.2, 0.25) is 5.02 Å². The summed E-state index contributed by atoms with van der Waals surface area (Å²) in [6.45, 7) is 8.02. The molecule has 43 heavy (non-hydrogen) atoms. The molecule has 2 N–H and O–H groups in total. The van der Waals surface area contributed by atoms with Crippen molar-refractivity contribution in [2.75, 3.05) is 32.7 Å². The van der Waals surface area contributed by atoms with E-state index in [1.165, 1.54) is 16.7 Å². The van der Waals surface area contributed by atoms with Crippen LogP contribution in [0, 0.1) is 11.3 Å². The van der Waals surface area contributed by atoms with E-state index in [4.69, 9.17) is 16.3 Å². The number of fused-ring (bicyclic) bond motifs is 1. The smallest absolute Gasteiger partial charge is 0.314 e. The van der Waals surface area contributed by atoms with Gasteiger partial charge in [-0.05, 0) is 73.7 Å². The molecule has 3 aliphatic rings. The van der Waals surface area contributed by atoms with Gasteiger partial charge < -0.3 is 24.5 Å². The molecule has 2 aliphatic carbocycles. The Hall–Kier alpha value is -3.88. The lowest BCUT2D eigenvalue weighted by molar-refractivity contribution is -0.144. The number of rotatable bonds is 8. The molecular weight excluding hydrogens is 564 g/mol. The Morgan fingerprint density at radius 3 is 2.67 bits per heavy atom. The van der Waals surface area contributed by atoms with Gasteiger partial charge in [-0.2, -0.15) is 0 Å². The highest BCUT2D eigenvalue weighted by molar-refractivity contribution is 6.30. The minimum atomic E-state index is -1.08. The summed E-state index contributed by atoms with van der Waals surface area (Å²) < 4.78 is 6.36. The summed E-state index contributed by atoms with van der Waals surface area (Å²) >= 11 is 6.16. The average Bonchev–Trinajstić information content (AvgIpc) is 3.46. The summed E-state index contributed by atoms with van der Waals surface area (Å²) in [5.41, 5.74) is 4.13. The fourth-order valence-electron chi connectivity index (χ4n) is 6.62. The van der Waals surface area contributed by atoms with Crippen molar-refractivity contribution in [2.45, 2.75) is 38.7 Å². The maximum absolute atomic E-state index is 12.2. The van der Waals surface area contributed by atoms with Crippen molar-refractivity contribution >= 4 is 40.5 Å². The Bertz CT molecular complexity index is 1620. The number of aliphatic carboxylic acids is 1. The van der Waals surface area contributed by atoms with Crippen molar-refractivity contribution in [2.24, 2.45) is 11.3 Å². The molecule has 0 radical (unpaired) electrons. The van der Waals surface area contributed by atoms with Crippen molar-refractivity contribution in [3.05, 3.63) is 88.9 Å². The molecule has 2 aromatic heterocycles. The van der Waals surface area contributed by atoms with Crippen LogP contribution >= 0.6 is 11.6 Å². The van der Waals surface area contributed by atoms with Crippen LogP contribution in [0.3, 0.4) is 0 Å². The highest BCUT2D eigenvalue weighted by Gasteiger charge is 2.42. The number of carboxylic acids is 1. The Balaban J connectivity index is 1.18. The number of hydrogen-bond acceptors (Lipinski definition) is 6. The summed E-state index contributed by atoms with van der Waals surface area (Å²) in [4.78, 5) is 36.4. The van der Waals surface area contributed by atoms with Crippen LogP contribution in [0.1, 0.15) is 38.7 Å². The molecule has 9 heteroatoms. The molecule has 1 aromatic carbocycles. The van der Waals surface area contributed by atoms with E-state index < -0.39 is 17.5 Å². The van der Waals surface area contributed by atoms with Gasteiger partial charge in [0.1, 0.15) is 29.2 Å². The van der Waals surface area contributed by atoms with Crippen LogP contribution in [0.25, 0.3) is 16.6 Å². The van der Waals surface area contributed by atoms with Crippen LogP contribution in [0.5, 0.6) is 5.75 Å². The lowest BCUT2D eigenvalue weighted by Gasteiger charge is -2.42. The number of carboxylic acid groups (broad SMARTS) is 1. The second-order valence-corrected chi connectivity index (χ2v) is 12.9. The summed E-state index contributed by atoms with van der Waals surface area (Å²) in [6.07, 6.45) is 12.6. The van der Waals surface area contributed by atoms with E-state index in [2.05, 4.69) is 38.8 Å². The number of carbonyl (C=O) groups is 2. The Labute approximate surface area is 256 Å². The molecule has 8 nitrogen and oxygen atoms in total. The van der Waals surface area contributed by atoms with Crippen molar-refractivity contribution < 1.29 is 19.4 Å². The maximum Gasteiger partial charge on any atom is 0.314 e. The van der Waals surface area contributed by atoms with Gasteiger partial charge in [-0.15, -0.1) is 0 Å². The van der Waals surface area contributed by atoms with E-state index >= 15 is 0 Å². The number of halogens is 1. The highest BCUT2D eigenvalue weighted by atomic mass is 35.5. The molecule has 3 aromatic rings. The zero-order valence-corrected chi connectivity index (χ0v) is 25.3. The van der Waals surface area contributed by atoms with Crippen LogP contribution in [0.15, 0.2) is 78.3 Å². The summed E-state index contributed by atoms with van der Waals surface area (Å²) in [7, 11) is 0. The molecule has 2 unspecified atom stereocenters. The second kappa shape index (κ2) is 11.7. The van der Waals surface area contributed by atoms with Crippen molar-refractivity contribution in [1.29, 1.82) is 0 Å². The molecule has 6 rings (SSSR count). The van der Waals surface area contributed by atoms with E-state index in [1.54, 1.807) is 12.3 Å². The van der Waals surface area contributed by atoms with E-state index in [-0.39, 0.29) is 5.41 Å². The molecule has 0 saturated carbocycles. The molecular formula is C34H37ClN4O4. The first-order chi connectivity index (χ1) is 20.6. The lowest BCUT2D eigenvalue weighted by atomic mass is 9.72. The molecule has 3 atom stereocenters. The average molecular weight is 601 g/mol. The number of carbonyl (C=O) groups excluding carboxylic acids is 1. The van der Waals surface area contributed by atoms with Crippen molar-refractivity contribution in [3.63, 3.8) is 0 Å². The quantitative estimate of drug-likeness (QED) is 0.307. The van der Waals surface area contributed by atoms with Gasteiger partial charge in [-0.25, -0.2) is 4.98 Å². The number of benzene rings is 1. The zero-order chi connectivity index (χ0) is 30.2. The first-order valence-electron chi connectivity index (χ1n) is 14.8. The molecule has 0 bridgehead atoms. The van der Waals surface area contributed by atoms with Gasteiger partial charge in [0.05, 0.1) is 6.20 Å². The maximum atomic E-state index is 12.2. The van der Waals surface area contributed by atoms with Crippen LogP contribution < -0.4 is 4.74 Å². The van der Waals surface area contributed by atoms with E-state index in [1.807, 2.05) is 49.5 Å². The third-order valence-electron chi connectivity index (χ3n) is 9.11. The summed E-state index contributed by atoms with van der Waals surface area (Å²) in [6, 6.07) is 11.8. The number of aromatic nitrogens is 2. The Morgan fingerprint density at radius 1 is 1.19 bits per heavy atom. The van der Waals surface area contributed by atoms with Crippen LogP contribution in [-0.2, 0) is 9.59 Å². The predicted molar refractivity (Wildman–Crippen MR) is 168 cm³/mol. The molecule has 0 spiro atoms. The number of nitrogens with zero attached hydrogens (tertiary/aromatic N) is 3. The number of ether oxygens (including phenoxy) is 1. The first-order valence-corrected chi connectivity index (χ1v) is 15.2. The number of allylic oxidation sites excluding steroid dienone is 2. The summed E-state index contributed by atoms with van der Waals surface area (Å²) in [5.74, 6) is -1.25. The molecule has 1 aliphatic heterocycles. The van der Waals surface area contributed by atoms with E-state index in [0.717, 1.165) is 80.0 Å². The van der Waals surface area contributed by atoms with Crippen molar-refractivity contribution in [3.8, 4) is 5.75 Å². The SMILES string of the molecule is CC1(C=O)CCC(c2ccc(Cl)cc2)=C(CN2CCN(C3=C[C@@](C)(Oc4cnc5[nH]ccc5c4)C(C(=O)O)C=C3)CC2)C1. The number of aromatic amines is 1. The second-order valence-electron chi connectivity index (χ2n) is 12.4. The Morgan fingerprint density at radius 2 is 1.95 bits per heavy atom. The Kier molecular flexibility index (Phi) is 7.92. The monoisotopic (exact) mass is 600 g/mol. The minimum Gasteiger partial charge on any atom is -0.481 e. The fraction of sp³-hybridized carbons (Fsp3) is 0.382. The molecule has 1 fully saturated rings. The molecule has 3 heterocycles.